The van der Waals surface area contributed by atoms with Crippen LogP contribution in [-0.4, -0.2) is 11.1 Å². The van der Waals surface area contributed by atoms with E-state index in [1.54, 1.807) is 12.1 Å². The van der Waals surface area contributed by atoms with Crippen molar-refractivity contribution in [2.45, 2.75) is 19.3 Å². The molecule has 1 aromatic rings. The zero-order valence-electron chi connectivity index (χ0n) is 7.83. The smallest absolute Gasteiger partial charge is 0.303 e. The molecular formula is C10H13ClO2S. The maximum absolute atomic E-state index is 10.4. The summed E-state index contributed by atoms with van der Waals surface area (Å²) in [6.45, 7) is 1.89. The van der Waals surface area contributed by atoms with E-state index in [4.69, 9.17) is 16.7 Å². The molecule has 0 aliphatic heterocycles. The summed E-state index contributed by atoms with van der Waals surface area (Å²) in [7, 11) is 0. The van der Waals surface area contributed by atoms with Crippen LogP contribution < -0.4 is 0 Å². The zero-order chi connectivity index (χ0) is 9.84. The normalized spacial score (nSPS) is 11.6. The largest absolute Gasteiger partial charge is 0.481 e. The van der Waals surface area contributed by atoms with E-state index < -0.39 is 5.97 Å². The van der Waals surface area contributed by atoms with Crippen molar-refractivity contribution in [3.63, 3.8) is 0 Å². The monoisotopic (exact) mass is 232 g/mol. The number of carbonyl (C=O) groups is 1. The van der Waals surface area contributed by atoms with Crippen molar-refractivity contribution in [2.75, 3.05) is 0 Å². The van der Waals surface area contributed by atoms with E-state index >= 15 is 0 Å². The van der Waals surface area contributed by atoms with Gasteiger partial charge in [-0.05, 0) is 23.6 Å². The first-order valence-corrected chi connectivity index (χ1v) is 4.44. The van der Waals surface area contributed by atoms with Gasteiger partial charge in [-0.15, -0.1) is 0 Å². The molecule has 0 aromatic heterocycles. The fraction of sp³-hybridized carbons (Fsp3) is 0.300. The highest BCUT2D eigenvalue weighted by molar-refractivity contribution is 7.59. The van der Waals surface area contributed by atoms with Crippen LogP contribution in [0.1, 0.15) is 24.8 Å². The molecule has 78 valence electrons. The molecular weight excluding hydrogens is 220 g/mol. The van der Waals surface area contributed by atoms with E-state index in [1.807, 2.05) is 19.1 Å². The third kappa shape index (κ3) is 4.03. The summed E-state index contributed by atoms with van der Waals surface area (Å²) < 4.78 is 0. The second kappa shape index (κ2) is 5.94. The first-order valence-electron chi connectivity index (χ1n) is 4.07. The van der Waals surface area contributed by atoms with E-state index in [9.17, 15) is 4.79 Å². The van der Waals surface area contributed by atoms with Gasteiger partial charge in [-0.2, -0.15) is 13.5 Å². The van der Waals surface area contributed by atoms with Gasteiger partial charge in [0.15, 0.2) is 0 Å². The molecule has 1 aromatic carbocycles. The van der Waals surface area contributed by atoms with Crippen LogP contribution in [0.25, 0.3) is 0 Å². The van der Waals surface area contributed by atoms with E-state index in [1.165, 1.54) is 0 Å². The van der Waals surface area contributed by atoms with Crippen LogP contribution in [0, 0.1) is 0 Å². The standard InChI is InChI=1S/C10H11ClO2.H2S/c1-7(6-10(12)13)8-2-4-9(11)5-3-8;/h2-5,7H,6H2,1H3,(H,12,13);1H2/t7-;/m0./s1. The summed E-state index contributed by atoms with van der Waals surface area (Å²) in [5.41, 5.74) is 1.01. The fourth-order valence-corrected chi connectivity index (χ4v) is 1.30. The lowest BCUT2D eigenvalue weighted by molar-refractivity contribution is -0.137. The lowest BCUT2D eigenvalue weighted by Gasteiger charge is -2.08. The van der Waals surface area contributed by atoms with Crippen molar-refractivity contribution in [3.8, 4) is 0 Å². The van der Waals surface area contributed by atoms with E-state index in [0.717, 1.165) is 5.56 Å². The molecule has 1 N–H and O–H groups in total. The highest BCUT2D eigenvalue weighted by Gasteiger charge is 2.09. The van der Waals surface area contributed by atoms with Gasteiger partial charge >= 0.3 is 5.97 Å². The first-order chi connectivity index (χ1) is 6.09. The lowest BCUT2D eigenvalue weighted by atomic mass is 9.98. The number of hydrogen-bond acceptors (Lipinski definition) is 1. The minimum atomic E-state index is -0.776. The average molecular weight is 233 g/mol. The molecule has 0 spiro atoms. The minimum absolute atomic E-state index is 0. The Bertz CT molecular complexity index is 297. The van der Waals surface area contributed by atoms with Crippen molar-refractivity contribution >= 4 is 31.1 Å². The van der Waals surface area contributed by atoms with Crippen molar-refractivity contribution in [3.05, 3.63) is 34.9 Å². The highest BCUT2D eigenvalue weighted by atomic mass is 35.5. The molecule has 0 fully saturated rings. The molecule has 0 radical (unpaired) electrons. The van der Waals surface area contributed by atoms with Gasteiger partial charge in [0, 0.05) is 5.02 Å². The van der Waals surface area contributed by atoms with E-state index in [-0.39, 0.29) is 25.8 Å². The Morgan fingerprint density at radius 2 is 1.93 bits per heavy atom. The topological polar surface area (TPSA) is 37.3 Å². The number of carboxylic acids is 1. The van der Waals surface area contributed by atoms with Gasteiger partial charge < -0.3 is 5.11 Å². The molecule has 0 aliphatic carbocycles. The molecule has 2 nitrogen and oxygen atoms in total. The Labute approximate surface area is 95.3 Å². The van der Waals surface area contributed by atoms with Gasteiger partial charge in [-0.1, -0.05) is 30.7 Å². The van der Waals surface area contributed by atoms with E-state index in [2.05, 4.69) is 0 Å². The lowest BCUT2D eigenvalue weighted by Crippen LogP contribution is -2.02. The molecule has 0 heterocycles. The molecule has 0 bridgehead atoms. The minimum Gasteiger partial charge on any atom is -0.481 e. The van der Waals surface area contributed by atoms with Crippen LogP contribution in [0.2, 0.25) is 5.02 Å². The summed E-state index contributed by atoms with van der Waals surface area (Å²) >= 11 is 5.71. The van der Waals surface area contributed by atoms with Gasteiger partial charge in [0.2, 0.25) is 0 Å². The molecule has 0 unspecified atom stereocenters. The zero-order valence-corrected chi connectivity index (χ0v) is 9.58. The highest BCUT2D eigenvalue weighted by Crippen LogP contribution is 2.20. The van der Waals surface area contributed by atoms with Crippen molar-refractivity contribution in [2.24, 2.45) is 0 Å². The summed E-state index contributed by atoms with van der Waals surface area (Å²) in [4.78, 5) is 10.4. The molecule has 0 aliphatic rings. The quantitative estimate of drug-likeness (QED) is 0.870. The number of hydrogen-bond donors (Lipinski definition) is 1. The molecule has 1 atom stereocenters. The Kier molecular flexibility index (Phi) is 5.65. The molecule has 4 heteroatoms. The molecule has 1 rings (SSSR count). The van der Waals surface area contributed by atoms with Crippen LogP contribution in [0.3, 0.4) is 0 Å². The second-order valence-corrected chi connectivity index (χ2v) is 3.49. The van der Waals surface area contributed by atoms with Crippen molar-refractivity contribution < 1.29 is 9.90 Å². The first kappa shape index (κ1) is 13.3. The third-order valence-electron chi connectivity index (χ3n) is 1.92. The summed E-state index contributed by atoms with van der Waals surface area (Å²) in [6.07, 6.45) is 0.154. The number of halogens is 1. The van der Waals surface area contributed by atoms with Crippen LogP contribution in [0.15, 0.2) is 24.3 Å². The van der Waals surface area contributed by atoms with Crippen molar-refractivity contribution in [1.82, 2.24) is 0 Å². The van der Waals surface area contributed by atoms with Gasteiger partial charge in [0.05, 0.1) is 6.42 Å². The number of carboxylic acid groups (broad SMARTS) is 1. The third-order valence-corrected chi connectivity index (χ3v) is 2.17. The van der Waals surface area contributed by atoms with Crippen LogP contribution in [0.4, 0.5) is 0 Å². The Balaban J connectivity index is 0.00000169. The van der Waals surface area contributed by atoms with E-state index in [0.29, 0.717) is 5.02 Å². The number of benzene rings is 1. The van der Waals surface area contributed by atoms with Gasteiger partial charge in [-0.3, -0.25) is 4.79 Å². The van der Waals surface area contributed by atoms with Crippen LogP contribution in [0.5, 0.6) is 0 Å². The summed E-state index contributed by atoms with van der Waals surface area (Å²) in [5, 5.41) is 9.25. The summed E-state index contributed by atoms with van der Waals surface area (Å²) in [5.74, 6) is -0.739. The molecule has 14 heavy (non-hydrogen) atoms. The van der Waals surface area contributed by atoms with Crippen LogP contribution >= 0.6 is 25.1 Å². The predicted octanol–water partition coefficient (Wildman–Crippen LogP) is 3.03. The van der Waals surface area contributed by atoms with Gasteiger partial charge in [0.1, 0.15) is 0 Å². The van der Waals surface area contributed by atoms with Crippen LogP contribution in [-0.2, 0) is 4.79 Å². The number of aliphatic carboxylic acids is 1. The van der Waals surface area contributed by atoms with Gasteiger partial charge in [0.25, 0.3) is 0 Å². The maximum Gasteiger partial charge on any atom is 0.303 e. The second-order valence-electron chi connectivity index (χ2n) is 3.05. The Morgan fingerprint density at radius 1 is 1.43 bits per heavy atom. The SMILES string of the molecule is C[C@@H](CC(=O)O)c1ccc(Cl)cc1.S. The molecule has 0 saturated carbocycles. The maximum atomic E-state index is 10.4. The predicted molar refractivity (Wildman–Crippen MR) is 62.5 cm³/mol. The van der Waals surface area contributed by atoms with Crippen molar-refractivity contribution in [1.29, 1.82) is 0 Å². The molecule has 0 amide bonds. The fourth-order valence-electron chi connectivity index (χ4n) is 1.17. The number of rotatable bonds is 3. The average Bonchev–Trinajstić information content (AvgIpc) is 2.04. The Hall–Kier alpha value is -0.670. The Morgan fingerprint density at radius 3 is 2.36 bits per heavy atom. The van der Waals surface area contributed by atoms with Gasteiger partial charge in [-0.25, -0.2) is 0 Å². The molecule has 0 saturated heterocycles. The summed E-state index contributed by atoms with van der Waals surface area (Å²) in [6, 6.07) is 7.26.